The van der Waals surface area contributed by atoms with Crippen molar-refractivity contribution in [2.75, 3.05) is 11.9 Å². The van der Waals surface area contributed by atoms with Crippen molar-refractivity contribution in [1.82, 2.24) is 9.97 Å². The Hall–Kier alpha value is -2.43. The molecule has 0 bridgehead atoms. The van der Waals surface area contributed by atoms with E-state index in [1.807, 2.05) is 24.3 Å². The van der Waals surface area contributed by atoms with Gasteiger partial charge in [0.1, 0.15) is 5.75 Å². The highest BCUT2D eigenvalue weighted by Crippen LogP contribution is 2.35. The Morgan fingerprint density at radius 3 is 2.90 bits per heavy atom. The fourth-order valence-corrected chi connectivity index (χ4v) is 2.39. The van der Waals surface area contributed by atoms with Gasteiger partial charge >= 0.3 is 0 Å². The number of ether oxygens (including phenoxy) is 1. The van der Waals surface area contributed by atoms with Gasteiger partial charge < -0.3 is 4.74 Å². The topological polar surface area (TPSA) is 64.1 Å². The number of hydrogen-bond donors (Lipinski definition) is 1. The van der Waals surface area contributed by atoms with Crippen molar-refractivity contribution in [2.24, 2.45) is 0 Å². The lowest BCUT2D eigenvalue weighted by Gasteiger charge is -2.25. The largest absolute Gasteiger partial charge is 0.493 e. The lowest BCUT2D eigenvalue weighted by Crippen LogP contribution is -2.21. The Balaban J connectivity index is 1.68. The van der Waals surface area contributed by atoms with Crippen LogP contribution in [0.5, 0.6) is 5.75 Å². The number of nitrogens with zero attached hydrogens (tertiary/aromatic N) is 2. The van der Waals surface area contributed by atoms with Gasteiger partial charge in [0.2, 0.25) is 11.9 Å². The summed E-state index contributed by atoms with van der Waals surface area (Å²) in [7, 11) is 0. The monoisotopic (exact) mass is 269 g/mol. The van der Waals surface area contributed by atoms with E-state index < -0.39 is 0 Å². The van der Waals surface area contributed by atoms with E-state index in [4.69, 9.17) is 4.74 Å². The number of rotatable bonds is 3. The Morgan fingerprint density at radius 2 is 2.05 bits per heavy atom. The number of carbonyl (C=O) groups excluding carboxylic acids is 1. The van der Waals surface area contributed by atoms with E-state index >= 15 is 0 Å². The first-order valence-electron chi connectivity index (χ1n) is 6.61. The van der Waals surface area contributed by atoms with Crippen LogP contribution in [0.15, 0.2) is 42.7 Å². The standard InChI is InChI=1S/C15H15N3O2/c19-14(18-15-16-7-3-8-17-15)10-11-6-9-20-13-5-2-1-4-12(11)13/h1-5,7-8,11H,6,9-10H2,(H,16,17,18,19). The number of anilines is 1. The van der Waals surface area contributed by atoms with Crippen LogP contribution in [0.2, 0.25) is 0 Å². The van der Waals surface area contributed by atoms with Crippen LogP contribution in [-0.4, -0.2) is 22.5 Å². The molecule has 3 rings (SSSR count). The predicted molar refractivity (Wildman–Crippen MR) is 74.6 cm³/mol. The third kappa shape index (κ3) is 2.77. The Labute approximate surface area is 117 Å². The molecule has 0 spiro atoms. The minimum atomic E-state index is -0.0714. The van der Waals surface area contributed by atoms with E-state index in [1.165, 1.54) is 0 Å². The number of nitrogens with one attached hydrogen (secondary N) is 1. The molecule has 1 atom stereocenters. The number of benzene rings is 1. The van der Waals surface area contributed by atoms with Gasteiger partial charge in [-0.05, 0) is 30.0 Å². The van der Waals surface area contributed by atoms with Crippen molar-refractivity contribution in [2.45, 2.75) is 18.8 Å². The third-order valence-corrected chi connectivity index (χ3v) is 3.33. The fourth-order valence-electron chi connectivity index (χ4n) is 2.39. The van der Waals surface area contributed by atoms with Crippen molar-refractivity contribution in [1.29, 1.82) is 0 Å². The summed E-state index contributed by atoms with van der Waals surface area (Å²) in [4.78, 5) is 20.0. The lowest BCUT2D eigenvalue weighted by atomic mass is 9.90. The molecule has 1 aromatic carbocycles. The average Bonchev–Trinajstić information content (AvgIpc) is 2.48. The number of hydrogen-bond acceptors (Lipinski definition) is 4. The van der Waals surface area contributed by atoms with E-state index in [9.17, 15) is 4.79 Å². The minimum absolute atomic E-state index is 0.0714. The van der Waals surface area contributed by atoms with Crippen molar-refractivity contribution in [3.8, 4) is 5.75 Å². The second-order valence-electron chi connectivity index (χ2n) is 4.70. The SMILES string of the molecule is O=C(CC1CCOc2ccccc21)Nc1ncccn1. The summed E-state index contributed by atoms with van der Waals surface area (Å²) in [5, 5.41) is 2.72. The van der Waals surface area contributed by atoms with Crippen LogP contribution in [0.1, 0.15) is 24.3 Å². The van der Waals surface area contributed by atoms with Gasteiger partial charge in [-0.3, -0.25) is 10.1 Å². The summed E-state index contributed by atoms with van der Waals surface area (Å²) < 4.78 is 5.60. The van der Waals surface area contributed by atoms with Gasteiger partial charge in [-0.25, -0.2) is 9.97 Å². The fraction of sp³-hybridized carbons (Fsp3) is 0.267. The predicted octanol–water partition coefficient (Wildman–Crippen LogP) is 2.37. The Bertz CT molecular complexity index is 601. The smallest absolute Gasteiger partial charge is 0.229 e. The zero-order valence-electron chi connectivity index (χ0n) is 11.0. The van der Waals surface area contributed by atoms with Crippen LogP contribution < -0.4 is 10.1 Å². The van der Waals surface area contributed by atoms with Crippen LogP contribution in [0.3, 0.4) is 0 Å². The van der Waals surface area contributed by atoms with Crippen LogP contribution in [0, 0.1) is 0 Å². The molecule has 1 aliphatic heterocycles. The highest BCUT2D eigenvalue weighted by Gasteiger charge is 2.23. The summed E-state index contributed by atoms with van der Waals surface area (Å²) in [6, 6.07) is 9.59. The first-order chi connectivity index (χ1) is 9.83. The van der Waals surface area contributed by atoms with Crippen LogP contribution in [-0.2, 0) is 4.79 Å². The first-order valence-corrected chi connectivity index (χ1v) is 6.61. The molecule has 0 saturated heterocycles. The maximum absolute atomic E-state index is 12.1. The Morgan fingerprint density at radius 1 is 1.25 bits per heavy atom. The lowest BCUT2D eigenvalue weighted by molar-refractivity contribution is -0.116. The molecular weight excluding hydrogens is 254 g/mol. The molecule has 1 aliphatic rings. The average molecular weight is 269 g/mol. The van der Waals surface area contributed by atoms with Crippen LogP contribution in [0.25, 0.3) is 0 Å². The number of fused-ring (bicyclic) bond motifs is 1. The van der Waals surface area contributed by atoms with Crippen LogP contribution in [0.4, 0.5) is 5.95 Å². The van der Waals surface area contributed by atoms with Gasteiger partial charge in [-0.1, -0.05) is 18.2 Å². The van der Waals surface area contributed by atoms with Gasteiger partial charge in [0, 0.05) is 18.8 Å². The number of carbonyl (C=O) groups is 1. The quantitative estimate of drug-likeness (QED) is 0.929. The van der Waals surface area contributed by atoms with E-state index in [-0.39, 0.29) is 11.8 Å². The summed E-state index contributed by atoms with van der Waals surface area (Å²) in [6.45, 7) is 0.650. The molecule has 1 unspecified atom stereocenters. The molecule has 0 aliphatic carbocycles. The highest BCUT2D eigenvalue weighted by atomic mass is 16.5. The molecule has 2 heterocycles. The second-order valence-corrected chi connectivity index (χ2v) is 4.70. The molecule has 5 nitrogen and oxygen atoms in total. The van der Waals surface area contributed by atoms with Gasteiger partial charge in [0.15, 0.2) is 0 Å². The Kier molecular flexibility index (Phi) is 3.58. The zero-order chi connectivity index (χ0) is 13.8. The third-order valence-electron chi connectivity index (χ3n) is 3.33. The number of aromatic nitrogens is 2. The molecule has 0 saturated carbocycles. The van der Waals surface area contributed by atoms with E-state index in [2.05, 4.69) is 15.3 Å². The van der Waals surface area contributed by atoms with Crippen molar-refractivity contribution < 1.29 is 9.53 Å². The number of amides is 1. The zero-order valence-corrected chi connectivity index (χ0v) is 11.0. The molecule has 0 radical (unpaired) electrons. The number of para-hydroxylation sites is 1. The summed E-state index contributed by atoms with van der Waals surface area (Å²) in [5.41, 5.74) is 1.10. The van der Waals surface area contributed by atoms with E-state index in [0.717, 1.165) is 17.7 Å². The molecular formula is C15H15N3O2. The van der Waals surface area contributed by atoms with E-state index in [0.29, 0.717) is 19.0 Å². The van der Waals surface area contributed by atoms with Gasteiger partial charge in [-0.15, -0.1) is 0 Å². The molecule has 1 N–H and O–H groups in total. The second kappa shape index (κ2) is 5.69. The van der Waals surface area contributed by atoms with Crippen molar-refractivity contribution >= 4 is 11.9 Å². The van der Waals surface area contributed by atoms with Gasteiger partial charge in [0.25, 0.3) is 0 Å². The normalized spacial score (nSPS) is 16.9. The molecule has 1 amide bonds. The minimum Gasteiger partial charge on any atom is -0.493 e. The first kappa shape index (κ1) is 12.6. The molecule has 20 heavy (non-hydrogen) atoms. The highest BCUT2D eigenvalue weighted by molar-refractivity contribution is 5.89. The summed E-state index contributed by atoms with van der Waals surface area (Å²) in [6.07, 6.45) is 4.47. The van der Waals surface area contributed by atoms with E-state index in [1.54, 1.807) is 18.5 Å². The molecule has 2 aromatic rings. The summed E-state index contributed by atoms with van der Waals surface area (Å²) in [5.74, 6) is 1.34. The van der Waals surface area contributed by atoms with Crippen molar-refractivity contribution in [3.63, 3.8) is 0 Å². The summed E-state index contributed by atoms with van der Waals surface area (Å²) >= 11 is 0. The maximum atomic E-state index is 12.1. The van der Waals surface area contributed by atoms with Gasteiger partial charge in [-0.2, -0.15) is 0 Å². The maximum Gasteiger partial charge on any atom is 0.229 e. The van der Waals surface area contributed by atoms with Crippen molar-refractivity contribution in [3.05, 3.63) is 48.3 Å². The molecule has 0 fully saturated rings. The van der Waals surface area contributed by atoms with Gasteiger partial charge in [0.05, 0.1) is 6.61 Å². The molecule has 5 heteroatoms. The van der Waals surface area contributed by atoms with Crippen LogP contribution >= 0.6 is 0 Å². The molecule has 102 valence electrons. The molecule has 1 aromatic heterocycles.